The van der Waals surface area contributed by atoms with E-state index in [4.69, 9.17) is 12.2 Å². The summed E-state index contributed by atoms with van der Waals surface area (Å²) < 4.78 is 3.69. The normalized spacial score (nSPS) is 10.5. The minimum atomic E-state index is 0.662. The van der Waals surface area contributed by atoms with Crippen molar-refractivity contribution in [1.82, 2.24) is 14.8 Å². The van der Waals surface area contributed by atoms with Crippen molar-refractivity contribution in [3.8, 4) is 11.4 Å². The Kier molecular flexibility index (Phi) is 3.02. The first-order valence-corrected chi connectivity index (χ1v) is 5.83. The summed E-state index contributed by atoms with van der Waals surface area (Å²) in [4.78, 5) is 0. The van der Waals surface area contributed by atoms with E-state index in [1.54, 1.807) is 0 Å². The third-order valence-corrected chi connectivity index (χ3v) is 3.02. The van der Waals surface area contributed by atoms with Crippen LogP contribution in [0.25, 0.3) is 11.4 Å². The van der Waals surface area contributed by atoms with Crippen LogP contribution >= 0.6 is 28.1 Å². The van der Waals surface area contributed by atoms with Crippen LogP contribution in [-0.2, 0) is 6.54 Å². The Labute approximate surface area is 101 Å². The number of rotatable bonds is 2. The zero-order valence-corrected chi connectivity index (χ0v) is 10.6. The number of benzene rings is 1. The van der Waals surface area contributed by atoms with Gasteiger partial charge >= 0.3 is 0 Å². The number of hydrogen-bond donors (Lipinski definition) is 1. The Morgan fingerprint density at radius 3 is 2.67 bits per heavy atom. The van der Waals surface area contributed by atoms with Crippen LogP contribution < -0.4 is 0 Å². The van der Waals surface area contributed by atoms with Gasteiger partial charge in [0.1, 0.15) is 0 Å². The van der Waals surface area contributed by atoms with Crippen LogP contribution in [0.5, 0.6) is 0 Å². The molecule has 0 unspecified atom stereocenters. The zero-order valence-electron chi connectivity index (χ0n) is 8.20. The molecule has 0 fully saturated rings. The number of aromatic amines is 1. The van der Waals surface area contributed by atoms with Crippen LogP contribution in [0.2, 0.25) is 0 Å². The highest BCUT2D eigenvalue weighted by Gasteiger charge is 2.06. The smallest absolute Gasteiger partial charge is 0.195 e. The van der Waals surface area contributed by atoms with Gasteiger partial charge in [0.05, 0.1) is 0 Å². The summed E-state index contributed by atoms with van der Waals surface area (Å²) in [5, 5.41) is 7.02. The topological polar surface area (TPSA) is 33.6 Å². The third kappa shape index (κ3) is 2.03. The van der Waals surface area contributed by atoms with E-state index in [1.807, 2.05) is 35.8 Å². The van der Waals surface area contributed by atoms with Crippen molar-refractivity contribution in [2.24, 2.45) is 0 Å². The molecule has 0 bridgehead atoms. The van der Waals surface area contributed by atoms with E-state index in [0.29, 0.717) is 4.77 Å². The van der Waals surface area contributed by atoms with Crippen LogP contribution in [0, 0.1) is 4.77 Å². The molecule has 0 aliphatic heterocycles. The van der Waals surface area contributed by atoms with Crippen LogP contribution in [0.4, 0.5) is 0 Å². The first-order valence-electron chi connectivity index (χ1n) is 4.63. The van der Waals surface area contributed by atoms with Crippen LogP contribution in [-0.4, -0.2) is 14.8 Å². The molecular formula is C10H10BrN3S. The lowest BCUT2D eigenvalue weighted by Gasteiger charge is -2.02. The minimum absolute atomic E-state index is 0.662. The molecule has 0 aliphatic rings. The van der Waals surface area contributed by atoms with Gasteiger partial charge in [0, 0.05) is 16.6 Å². The Bertz CT molecular complexity index is 512. The molecule has 2 rings (SSSR count). The van der Waals surface area contributed by atoms with Gasteiger partial charge in [-0.25, -0.2) is 0 Å². The summed E-state index contributed by atoms with van der Waals surface area (Å²) in [7, 11) is 0. The molecule has 3 nitrogen and oxygen atoms in total. The molecule has 2 aromatic rings. The Balaban J connectivity index is 2.54. The van der Waals surface area contributed by atoms with Gasteiger partial charge in [-0.2, -0.15) is 5.10 Å². The Morgan fingerprint density at radius 1 is 1.40 bits per heavy atom. The fraction of sp³-hybridized carbons (Fsp3) is 0.200. The van der Waals surface area contributed by atoms with Gasteiger partial charge in [-0.05, 0) is 31.3 Å². The van der Waals surface area contributed by atoms with Crippen molar-refractivity contribution in [2.75, 3.05) is 0 Å². The van der Waals surface area contributed by atoms with Crippen LogP contribution in [0.15, 0.2) is 28.7 Å². The molecule has 15 heavy (non-hydrogen) atoms. The average Bonchev–Trinajstić information content (AvgIpc) is 2.61. The molecule has 0 radical (unpaired) electrons. The molecule has 1 heterocycles. The second kappa shape index (κ2) is 4.28. The second-order valence-corrected chi connectivity index (χ2v) is 4.41. The lowest BCUT2D eigenvalue weighted by Crippen LogP contribution is -1.97. The summed E-state index contributed by atoms with van der Waals surface area (Å²) >= 11 is 8.54. The molecule has 78 valence electrons. The SMILES string of the molecule is CCn1c(-c2ccc(Br)cc2)n[nH]c1=S. The van der Waals surface area contributed by atoms with Gasteiger partial charge in [-0.15, -0.1) is 0 Å². The lowest BCUT2D eigenvalue weighted by atomic mass is 10.2. The molecule has 0 saturated heterocycles. The van der Waals surface area contributed by atoms with Crippen molar-refractivity contribution in [2.45, 2.75) is 13.5 Å². The predicted molar refractivity (Wildman–Crippen MR) is 66.2 cm³/mol. The van der Waals surface area contributed by atoms with Gasteiger partial charge in [-0.3, -0.25) is 5.10 Å². The molecule has 0 amide bonds. The summed E-state index contributed by atoms with van der Waals surface area (Å²) in [5.41, 5.74) is 1.06. The first kappa shape index (κ1) is 10.6. The van der Waals surface area contributed by atoms with E-state index >= 15 is 0 Å². The van der Waals surface area contributed by atoms with Crippen molar-refractivity contribution >= 4 is 28.1 Å². The molecule has 5 heteroatoms. The zero-order chi connectivity index (χ0) is 10.8. The third-order valence-electron chi connectivity index (χ3n) is 2.18. The fourth-order valence-electron chi connectivity index (χ4n) is 1.43. The van der Waals surface area contributed by atoms with E-state index in [0.717, 1.165) is 22.4 Å². The van der Waals surface area contributed by atoms with Crippen molar-refractivity contribution in [3.63, 3.8) is 0 Å². The minimum Gasteiger partial charge on any atom is -0.300 e. The molecule has 1 aromatic heterocycles. The van der Waals surface area contributed by atoms with E-state index in [1.165, 1.54) is 0 Å². The lowest BCUT2D eigenvalue weighted by molar-refractivity contribution is 0.755. The molecule has 1 N–H and O–H groups in total. The van der Waals surface area contributed by atoms with Crippen molar-refractivity contribution in [3.05, 3.63) is 33.5 Å². The Hall–Kier alpha value is -0.940. The summed E-state index contributed by atoms with van der Waals surface area (Å²) in [6.45, 7) is 2.87. The maximum atomic E-state index is 5.13. The molecule has 0 atom stereocenters. The predicted octanol–water partition coefficient (Wildman–Crippen LogP) is 3.39. The number of aromatic nitrogens is 3. The number of nitrogens with one attached hydrogen (secondary N) is 1. The maximum absolute atomic E-state index is 5.13. The monoisotopic (exact) mass is 283 g/mol. The highest BCUT2D eigenvalue weighted by molar-refractivity contribution is 9.10. The molecule has 1 aromatic carbocycles. The number of hydrogen-bond acceptors (Lipinski definition) is 2. The van der Waals surface area contributed by atoms with E-state index in [2.05, 4.69) is 26.1 Å². The molecule has 0 saturated carbocycles. The summed E-state index contributed by atoms with van der Waals surface area (Å²) in [5.74, 6) is 0.884. The van der Waals surface area contributed by atoms with Gasteiger partial charge in [0.25, 0.3) is 0 Å². The van der Waals surface area contributed by atoms with Crippen LogP contribution in [0.3, 0.4) is 0 Å². The van der Waals surface area contributed by atoms with Gasteiger partial charge in [-0.1, -0.05) is 28.1 Å². The molecule has 0 aliphatic carbocycles. The first-order chi connectivity index (χ1) is 7.22. The van der Waals surface area contributed by atoms with Gasteiger partial charge in [0.15, 0.2) is 10.6 Å². The fourth-order valence-corrected chi connectivity index (χ4v) is 1.96. The van der Waals surface area contributed by atoms with Gasteiger partial charge in [0.2, 0.25) is 0 Å². The second-order valence-electron chi connectivity index (χ2n) is 3.10. The highest BCUT2D eigenvalue weighted by Crippen LogP contribution is 2.19. The van der Waals surface area contributed by atoms with E-state index in [-0.39, 0.29) is 0 Å². The number of H-pyrrole nitrogens is 1. The largest absolute Gasteiger partial charge is 0.300 e. The maximum Gasteiger partial charge on any atom is 0.195 e. The summed E-state index contributed by atoms with van der Waals surface area (Å²) in [6.07, 6.45) is 0. The average molecular weight is 284 g/mol. The van der Waals surface area contributed by atoms with Crippen molar-refractivity contribution in [1.29, 1.82) is 0 Å². The van der Waals surface area contributed by atoms with Crippen molar-refractivity contribution < 1.29 is 0 Å². The molecular weight excluding hydrogens is 274 g/mol. The standard InChI is InChI=1S/C10H10BrN3S/c1-2-14-9(12-13-10(14)15)7-3-5-8(11)6-4-7/h3-6H,2H2,1H3,(H,13,15). The highest BCUT2D eigenvalue weighted by atomic mass is 79.9. The quantitative estimate of drug-likeness (QED) is 0.858. The van der Waals surface area contributed by atoms with E-state index in [9.17, 15) is 0 Å². The molecule has 0 spiro atoms. The van der Waals surface area contributed by atoms with Gasteiger partial charge < -0.3 is 4.57 Å². The summed E-state index contributed by atoms with van der Waals surface area (Å²) in [6, 6.07) is 8.02. The number of nitrogens with zero attached hydrogens (tertiary/aromatic N) is 2. The Morgan fingerprint density at radius 2 is 2.07 bits per heavy atom. The van der Waals surface area contributed by atoms with Crippen LogP contribution in [0.1, 0.15) is 6.92 Å². The van der Waals surface area contributed by atoms with E-state index < -0.39 is 0 Å². The number of halogens is 1.